The molecule has 1 aliphatic carbocycles. The lowest BCUT2D eigenvalue weighted by molar-refractivity contribution is 0.00166. The second-order valence-electron chi connectivity index (χ2n) is 7.97. The van der Waals surface area contributed by atoms with Gasteiger partial charge in [0.05, 0.1) is 24.7 Å². The van der Waals surface area contributed by atoms with Crippen LogP contribution in [0.15, 0.2) is 29.2 Å². The Kier molecular flexibility index (Phi) is 6.50. The molecule has 1 saturated carbocycles. The largest absolute Gasteiger partial charge is 0.381 e. The van der Waals surface area contributed by atoms with Crippen molar-refractivity contribution < 1.29 is 22.7 Å². The lowest BCUT2D eigenvalue weighted by Crippen LogP contribution is -2.52. The Morgan fingerprint density at radius 1 is 1.14 bits per heavy atom. The molecule has 0 aromatic heterocycles. The zero-order valence-electron chi connectivity index (χ0n) is 16.5. The molecule has 2 heterocycles. The Balaban J connectivity index is 1.41. The SMILES string of the molecule is O=C(NCC(C1CCOC1)N1CCOCC1)c1cccc(S(=O)(=O)NC2CC2)c1. The summed E-state index contributed by atoms with van der Waals surface area (Å²) in [6, 6.07) is 6.44. The van der Waals surface area contributed by atoms with Gasteiger partial charge in [-0.2, -0.15) is 0 Å². The first-order chi connectivity index (χ1) is 14.0. The number of nitrogens with zero attached hydrogens (tertiary/aromatic N) is 1. The number of carbonyl (C=O) groups excluding carboxylic acids is 1. The maximum absolute atomic E-state index is 12.8. The molecule has 2 atom stereocenters. The first-order valence-corrected chi connectivity index (χ1v) is 11.8. The molecule has 3 aliphatic rings. The van der Waals surface area contributed by atoms with Crippen LogP contribution in [0.2, 0.25) is 0 Å². The van der Waals surface area contributed by atoms with Crippen molar-refractivity contribution in [3.05, 3.63) is 29.8 Å². The highest BCUT2D eigenvalue weighted by atomic mass is 32.2. The first-order valence-electron chi connectivity index (χ1n) is 10.3. The van der Waals surface area contributed by atoms with Gasteiger partial charge in [-0.15, -0.1) is 0 Å². The molecular formula is C20H29N3O5S. The molecule has 0 bridgehead atoms. The maximum Gasteiger partial charge on any atom is 0.251 e. The van der Waals surface area contributed by atoms with E-state index in [-0.39, 0.29) is 22.9 Å². The van der Waals surface area contributed by atoms with Gasteiger partial charge in [-0.3, -0.25) is 9.69 Å². The molecule has 8 nitrogen and oxygen atoms in total. The Labute approximate surface area is 172 Å². The van der Waals surface area contributed by atoms with E-state index in [1.54, 1.807) is 12.1 Å². The van der Waals surface area contributed by atoms with Crippen LogP contribution in [0.4, 0.5) is 0 Å². The standard InChI is InChI=1S/C20H29N3O5S/c24-20(15-2-1-3-18(12-15)29(25,26)22-17-4-5-17)21-13-19(16-6-9-28-14-16)23-7-10-27-11-8-23/h1-3,12,16-17,19,22H,4-11,13-14H2,(H,21,24). The number of nitrogens with one attached hydrogen (secondary N) is 2. The van der Waals surface area contributed by atoms with Crippen molar-refractivity contribution in [3.63, 3.8) is 0 Å². The van der Waals surface area contributed by atoms with E-state index in [9.17, 15) is 13.2 Å². The number of sulfonamides is 1. The molecule has 0 radical (unpaired) electrons. The van der Waals surface area contributed by atoms with E-state index in [1.165, 1.54) is 12.1 Å². The van der Waals surface area contributed by atoms with Gasteiger partial charge >= 0.3 is 0 Å². The van der Waals surface area contributed by atoms with E-state index in [4.69, 9.17) is 9.47 Å². The average molecular weight is 424 g/mol. The van der Waals surface area contributed by atoms with Crippen LogP contribution in [0.1, 0.15) is 29.6 Å². The molecular weight excluding hydrogens is 394 g/mol. The van der Waals surface area contributed by atoms with Crippen LogP contribution < -0.4 is 10.0 Å². The number of amides is 1. The first kappa shape index (κ1) is 20.7. The van der Waals surface area contributed by atoms with E-state index in [0.29, 0.717) is 37.8 Å². The predicted octanol–water partition coefficient (Wildman–Crippen LogP) is 0.594. The fourth-order valence-electron chi connectivity index (χ4n) is 3.95. The normalized spacial score (nSPS) is 24.3. The number of benzene rings is 1. The van der Waals surface area contributed by atoms with Gasteiger partial charge in [0.1, 0.15) is 0 Å². The second kappa shape index (κ2) is 9.09. The highest BCUT2D eigenvalue weighted by Crippen LogP contribution is 2.23. The molecule has 2 saturated heterocycles. The fraction of sp³-hybridized carbons (Fsp3) is 0.650. The Bertz CT molecular complexity index is 815. The summed E-state index contributed by atoms with van der Waals surface area (Å²) in [6.07, 6.45) is 2.72. The lowest BCUT2D eigenvalue weighted by Gasteiger charge is -2.37. The summed E-state index contributed by atoms with van der Waals surface area (Å²) in [7, 11) is -3.58. The van der Waals surface area contributed by atoms with Crippen LogP contribution in [0, 0.1) is 5.92 Å². The summed E-state index contributed by atoms with van der Waals surface area (Å²) < 4.78 is 38.5. The summed E-state index contributed by atoms with van der Waals surface area (Å²) >= 11 is 0. The molecule has 4 rings (SSSR count). The van der Waals surface area contributed by atoms with Crippen molar-refractivity contribution in [2.24, 2.45) is 5.92 Å². The molecule has 2 aliphatic heterocycles. The van der Waals surface area contributed by atoms with Crippen molar-refractivity contribution in [1.82, 2.24) is 14.9 Å². The minimum absolute atomic E-state index is 0.0281. The number of rotatable bonds is 8. The monoisotopic (exact) mass is 423 g/mol. The number of carbonyl (C=O) groups is 1. The number of ether oxygens (including phenoxy) is 2. The zero-order chi connectivity index (χ0) is 20.3. The van der Waals surface area contributed by atoms with Crippen LogP contribution in [0.3, 0.4) is 0 Å². The number of hydrogen-bond donors (Lipinski definition) is 2. The molecule has 3 fully saturated rings. The smallest absolute Gasteiger partial charge is 0.251 e. The van der Waals surface area contributed by atoms with Crippen molar-refractivity contribution >= 4 is 15.9 Å². The van der Waals surface area contributed by atoms with Crippen molar-refractivity contribution in [3.8, 4) is 0 Å². The molecule has 2 unspecified atom stereocenters. The van der Waals surface area contributed by atoms with Gasteiger partial charge in [0.2, 0.25) is 10.0 Å². The molecule has 1 amide bonds. The summed E-state index contributed by atoms with van der Waals surface area (Å²) in [5.41, 5.74) is 0.354. The summed E-state index contributed by atoms with van der Waals surface area (Å²) in [5.74, 6) is 0.119. The molecule has 1 aromatic rings. The van der Waals surface area contributed by atoms with Crippen LogP contribution in [-0.4, -0.2) is 77.4 Å². The van der Waals surface area contributed by atoms with Crippen molar-refractivity contribution in [2.45, 2.75) is 36.2 Å². The van der Waals surface area contributed by atoms with Gasteiger partial charge < -0.3 is 14.8 Å². The molecule has 0 spiro atoms. The van der Waals surface area contributed by atoms with Gasteiger partial charge in [0, 0.05) is 49.8 Å². The third-order valence-corrected chi connectivity index (χ3v) is 7.32. The Hall–Kier alpha value is -1.52. The fourth-order valence-corrected chi connectivity index (χ4v) is 5.30. The van der Waals surface area contributed by atoms with E-state index < -0.39 is 10.0 Å². The Morgan fingerprint density at radius 3 is 2.62 bits per heavy atom. The summed E-state index contributed by atoms with van der Waals surface area (Å²) in [5, 5.41) is 3.01. The molecule has 1 aromatic carbocycles. The van der Waals surface area contributed by atoms with Gasteiger partial charge in [0.15, 0.2) is 0 Å². The molecule has 2 N–H and O–H groups in total. The highest BCUT2D eigenvalue weighted by Gasteiger charge is 2.32. The molecule has 29 heavy (non-hydrogen) atoms. The van der Waals surface area contributed by atoms with Gasteiger partial charge in [-0.1, -0.05) is 6.07 Å². The van der Waals surface area contributed by atoms with Gasteiger partial charge in [0.25, 0.3) is 5.91 Å². The lowest BCUT2D eigenvalue weighted by atomic mass is 9.96. The minimum atomic E-state index is -3.58. The van der Waals surface area contributed by atoms with Crippen LogP contribution in [0.5, 0.6) is 0 Å². The zero-order valence-corrected chi connectivity index (χ0v) is 17.3. The van der Waals surface area contributed by atoms with E-state index in [0.717, 1.165) is 39.0 Å². The third-order valence-electron chi connectivity index (χ3n) is 5.80. The topological polar surface area (TPSA) is 97.0 Å². The van der Waals surface area contributed by atoms with E-state index in [2.05, 4.69) is 14.9 Å². The molecule has 9 heteroatoms. The van der Waals surface area contributed by atoms with Gasteiger partial charge in [-0.05, 0) is 37.5 Å². The highest BCUT2D eigenvalue weighted by molar-refractivity contribution is 7.89. The number of hydrogen-bond acceptors (Lipinski definition) is 6. The summed E-state index contributed by atoms with van der Waals surface area (Å²) in [6.45, 7) is 5.06. The molecule has 160 valence electrons. The Morgan fingerprint density at radius 2 is 1.93 bits per heavy atom. The maximum atomic E-state index is 12.8. The van der Waals surface area contributed by atoms with Crippen molar-refractivity contribution in [1.29, 1.82) is 0 Å². The second-order valence-corrected chi connectivity index (χ2v) is 9.69. The third kappa shape index (κ3) is 5.35. The predicted molar refractivity (Wildman–Crippen MR) is 107 cm³/mol. The van der Waals surface area contributed by atoms with E-state index in [1.807, 2.05) is 0 Å². The quantitative estimate of drug-likeness (QED) is 0.635. The summed E-state index contributed by atoms with van der Waals surface area (Å²) in [4.78, 5) is 15.3. The average Bonchev–Trinajstić information content (AvgIpc) is 3.37. The van der Waals surface area contributed by atoms with Crippen LogP contribution >= 0.6 is 0 Å². The van der Waals surface area contributed by atoms with E-state index >= 15 is 0 Å². The van der Waals surface area contributed by atoms with Gasteiger partial charge in [-0.25, -0.2) is 13.1 Å². The van der Waals surface area contributed by atoms with Crippen LogP contribution in [-0.2, 0) is 19.5 Å². The van der Waals surface area contributed by atoms with Crippen LogP contribution in [0.25, 0.3) is 0 Å². The van der Waals surface area contributed by atoms with Crippen molar-refractivity contribution in [2.75, 3.05) is 46.1 Å². The number of morpholine rings is 1. The minimum Gasteiger partial charge on any atom is -0.381 e.